The van der Waals surface area contributed by atoms with Gasteiger partial charge in [-0.1, -0.05) is 36.2 Å². The third kappa shape index (κ3) is 7.04. The molecular formula is C35H38Cl2N8O4. The average molecular weight is 706 g/mol. The van der Waals surface area contributed by atoms with Crippen LogP contribution in [0.4, 0.5) is 11.4 Å². The Bertz CT molecular complexity index is 1910. The van der Waals surface area contributed by atoms with Gasteiger partial charge in [0.25, 0.3) is 0 Å². The molecule has 2 aliphatic rings. The molecule has 0 spiro atoms. The average Bonchev–Trinajstić information content (AvgIpc) is 3.88. The van der Waals surface area contributed by atoms with Gasteiger partial charge in [0.1, 0.15) is 44.0 Å². The lowest BCUT2D eigenvalue weighted by atomic mass is 10.1. The molecular weight excluding hydrogens is 667 g/mol. The van der Waals surface area contributed by atoms with Crippen LogP contribution in [0.25, 0.3) is 5.69 Å². The van der Waals surface area contributed by atoms with Crippen molar-refractivity contribution in [2.45, 2.75) is 44.7 Å². The molecule has 0 bridgehead atoms. The number of piperazine rings is 1. The van der Waals surface area contributed by atoms with Gasteiger partial charge < -0.3 is 24.0 Å². The number of hydrogen-bond acceptors (Lipinski definition) is 9. The molecule has 14 heteroatoms. The molecule has 4 heterocycles. The first kappa shape index (κ1) is 33.2. The van der Waals surface area contributed by atoms with Crippen molar-refractivity contribution in [3.05, 3.63) is 112 Å². The first-order valence-electron chi connectivity index (χ1n) is 16.4. The zero-order valence-electron chi connectivity index (χ0n) is 27.4. The Kier molecular flexibility index (Phi) is 9.64. The van der Waals surface area contributed by atoms with Gasteiger partial charge in [0.2, 0.25) is 5.79 Å². The SMILES string of the molecule is CCC(C)n1ncn(-c2ccc(N3CCN(c4ccc(OC[C@@H]5CO[C@@](Cn6cncn6)(c6ccc(Cl)cc6Cl)O5)cc4)CC3)cc2)c1=O. The summed E-state index contributed by atoms with van der Waals surface area (Å²) in [4.78, 5) is 21.6. The van der Waals surface area contributed by atoms with E-state index < -0.39 is 5.79 Å². The Balaban J connectivity index is 0.925. The molecule has 49 heavy (non-hydrogen) atoms. The molecule has 3 atom stereocenters. The molecule has 0 aliphatic carbocycles. The highest BCUT2D eigenvalue weighted by atomic mass is 35.5. The molecule has 0 saturated carbocycles. The highest BCUT2D eigenvalue weighted by Crippen LogP contribution is 2.40. The minimum Gasteiger partial charge on any atom is -0.491 e. The summed E-state index contributed by atoms with van der Waals surface area (Å²) in [6, 6.07) is 21.6. The summed E-state index contributed by atoms with van der Waals surface area (Å²) in [6.07, 6.45) is 5.19. The molecule has 0 N–H and O–H groups in total. The van der Waals surface area contributed by atoms with E-state index in [1.807, 2.05) is 44.2 Å². The van der Waals surface area contributed by atoms with Gasteiger partial charge in [-0.2, -0.15) is 10.2 Å². The Morgan fingerprint density at radius 1 is 0.918 bits per heavy atom. The summed E-state index contributed by atoms with van der Waals surface area (Å²) in [7, 11) is 0. The van der Waals surface area contributed by atoms with Crippen LogP contribution in [-0.4, -0.2) is 74.6 Å². The van der Waals surface area contributed by atoms with Crippen LogP contribution in [0.5, 0.6) is 5.75 Å². The summed E-state index contributed by atoms with van der Waals surface area (Å²) >= 11 is 12.7. The number of benzene rings is 3. The second kappa shape index (κ2) is 14.2. The fraction of sp³-hybridized carbons (Fsp3) is 0.371. The molecule has 0 amide bonds. The number of anilines is 2. The van der Waals surface area contributed by atoms with E-state index in [-0.39, 0.29) is 24.4 Å². The van der Waals surface area contributed by atoms with Gasteiger partial charge >= 0.3 is 5.69 Å². The molecule has 2 fully saturated rings. The van der Waals surface area contributed by atoms with Crippen molar-refractivity contribution in [2.24, 2.45) is 0 Å². The van der Waals surface area contributed by atoms with E-state index in [1.165, 1.54) is 11.0 Å². The minimum absolute atomic E-state index is 0.0645. The molecule has 3 aromatic carbocycles. The van der Waals surface area contributed by atoms with Crippen molar-refractivity contribution in [1.82, 2.24) is 29.1 Å². The lowest BCUT2D eigenvalue weighted by Crippen LogP contribution is -2.46. The second-order valence-electron chi connectivity index (χ2n) is 12.3. The van der Waals surface area contributed by atoms with Crippen LogP contribution in [0.1, 0.15) is 31.9 Å². The summed E-state index contributed by atoms with van der Waals surface area (Å²) in [5.74, 6) is -0.410. The highest BCUT2D eigenvalue weighted by Gasteiger charge is 2.45. The lowest BCUT2D eigenvalue weighted by Gasteiger charge is -2.37. The van der Waals surface area contributed by atoms with Crippen LogP contribution >= 0.6 is 23.2 Å². The highest BCUT2D eigenvalue weighted by molar-refractivity contribution is 6.35. The summed E-state index contributed by atoms with van der Waals surface area (Å²) in [6.45, 7) is 8.48. The fourth-order valence-electron chi connectivity index (χ4n) is 6.24. The lowest BCUT2D eigenvalue weighted by molar-refractivity contribution is -0.190. The number of ether oxygens (including phenoxy) is 3. The van der Waals surface area contributed by atoms with E-state index in [0.717, 1.165) is 55.4 Å². The standard InChI is InChI=1S/C35H38Cl2N8O4/c1-3-25(2)45-34(46)44(24-40-45)29-7-5-27(6-8-29)41-14-16-42(17-15-41)28-9-11-30(12-10-28)47-19-31-20-48-35(49-31,21-43-23-38-22-39-43)32-13-4-26(36)18-33(32)37/h4-13,18,22-25,31H,3,14-17,19-21H2,1-2H3/t25?,31-,35-/m1/s1. The van der Waals surface area contributed by atoms with Crippen molar-refractivity contribution in [3.63, 3.8) is 0 Å². The van der Waals surface area contributed by atoms with Gasteiger partial charge in [-0.3, -0.25) is 0 Å². The monoisotopic (exact) mass is 704 g/mol. The number of rotatable bonds is 11. The molecule has 2 aromatic heterocycles. The van der Waals surface area contributed by atoms with Crippen LogP contribution in [0, 0.1) is 0 Å². The van der Waals surface area contributed by atoms with E-state index >= 15 is 0 Å². The quantitative estimate of drug-likeness (QED) is 0.174. The molecule has 256 valence electrons. The van der Waals surface area contributed by atoms with E-state index in [2.05, 4.69) is 49.2 Å². The maximum atomic E-state index is 12.8. The molecule has 7 rings (SSSR count). The van der Waals surface area contributed by atoms with Gasteiger partial charge in [-0.05, 0) is 74.0 Å². The van der Waals surface area contributed by atoms with Crippen molar-refractivity contribution >= 4 is 34.6 Å². The van der Waals surface area contributed by atoms with Crippen LogP contribution in [-0.2, 0) is 21.8 Å². The second-order valence-corrected chi connectivity index (χ2v) is 13.1. The van der Waals surface area contributed by atoms with Crippen LogP contribution in [0.15, 0.2) is 90.5 Å². The molecule has 5 aromatic rings. The maximum Gasteiger partial charge on any atom is 0.350 e. The Labute approximate surface area is 294 Å². The van der Waals surface area contributed by atoms with Gasteiger partial charge in [0, 0.05) is 48.1 Å². The Morgan fingerprint density at radius 2 is 1.59 bits per heavy atom. The van der Waals surface area contributed by atoms with Crippen molar-refractivity contribution in [1.29, 1.82) is 0 Å². The summed E-state index contributed by atoms with van der Waals surface area (Å²) in [5.41, 5.74) is 3.64. The smallest absolute Gasteiger partial charge is 0.350 e. The first-order chi connectivity index (χ1) is 23.8. The van der Waals surface area contributed by atoms with Gasteiger partial charge in [-0.25, -0.2) is 23.7 Å². The molecule has 1 unspecified atom stereocenters. The molecule has 2 saturated heterocycles. The zero-order chi connectivity index (χ0) is 34.0. The van der Waals surface area contributed by atoms with E-state index in [4.69, 9.17) is 37.4 Å². The third-order valence-corrected chi connectivity index (χ3v) is 9.70. The normalized spacial score (nSPS) is 20.1. The Hall–Kier alpha value is -4.36. The minimum atomic E-state index is -1.16. The summed E-state index contributed by atoms with van der Waals surface area (Å²) < 4.78 is 23.7. The van der Waals surface area contributed by atoms with Crippen LogP contribution in [0.2, 0.25) is 10.0 Å². The van der Waals surface area contributed by atoms with Gasteiger partial charge in [0.15, 0.2) is 0 Å². The molecule has 0 radical (unpaired) electrons. The molecule has 2 aliphatic heterocycles. The topological polar surface area (TPSA) is 105 Å². The number of nitrogens with zero attached hydrogens (tertiary/aromatic N) is 8. The summed E-state index contributed by atoms with van der Waals surface area (Å²) in [5, 5.41) is 9.50. The van der Waals surface area contributed by atoms with Crippen molar-refractivity contribution in [3.8, 4) is 11.4 Å². The zero-order valence-corrected chi connectivity index (χ0v) is 28.9. The van der Waals surface area contributed by atoms with Crippen LogP contribution < -0.4 is 20.2 Å². The van der Waals surface area contributed by atoms with E-state index in [1.54, 1.807) is 34.0 Å². The number of hydrogen-bond donors (Lipinski definition) is 0. The predicted molar refractivity (Wildman–Crippen MR) is 188 cm³/mol. The largest absolute Gasteiger partial charge is 0.491 e. The van der Waals surface area contributed by atoms with Gasteiger partial charge in [0.05, 0.1) is 23.4 Å². The number of aromatic nitrogens is 6. The maximum absolute atomic E-state index is 12.8. The number of halogens is 2. The molecule has 12 nitrogen and oxygen atoms in total. The first-order valence-corrected chi connectivity index (χ1v) is 17.2. The van der Waals surface area contributed by atoms with Crippen molar-refractivity contribution < 1.29 is 14.2 Å². The van der Waals surface area contributed by atoms with Gasteiger partial charge in [-0.15, -0.1) is 0 Å². The van der Waals surface area contributed by atoms with E-state index in [9.17, 15) is 4.79 Å². The fourth-order valence-corrected chi connectivity index (χ4v) is 6.79. The third-order valence-electron chi connectivity index (χ3n) is 9.15. The van der Waals surface area contributed by atoms with Crippen molar-refractivity contribution in [2.75, 3.05) is 49.2 Å². The van der Waals surface area contributed by atoms with Crippen LogP contribution in [0.3, 0.4) is 0 Å². The Morgan fingerprint density at radius 3 is 2.22 bits per heavy atom. The predicted octanol–water partition coefficient (Wildman–Crippen LogP) is 5.58. The van der Waals surface area contributed by atoms with E-state index in [0.29, 0.717) is 28.8 Å².